The van der Waals surface area contributed by atoms with Gasteiger partial charge in [-0.3, -0.25) is 9.59 Å². The molecule has 0 unspecified atom stereocenters. The van der Waals surface area contributed by atoms with E-state index in [0.29, 0.717) is 18.1 Å². The molecule has 0 spiro atoms. The maximum atomic E-state index is 12.9. The summed E-state index contributed by atoms with van der Waals surface area (Å²) in [5.41, 5.74) is 1.83. The highest BCUT2D eigenvalue weighted by Gasteiger charge is 2.25. The first-order valence-corrected chi connectivity index (χ1v) is 9.64. The molecule has 1 N–H and O–H groups in total. The highest BCUT2D eigenvalue weighted by molar-refractivity contribution is 9.10. The minimum Gasteiger partial charge on any atom is -0.355 e. The maximum absolute atomic E-state index is 12.9. The molecule has 1 atom stereocenters. The Bertz CT molecular complexity index is 747. The number of nitrogens with zero attached hydrogens (tertiary/aromatic N) is 1. The van der Waals surface area contributed by atoms with Crippen molar-refractivity contribution in [1.29, 1.82) is 0 Å². The third-order valence-corrected chi connectivity index (χ3v) is 4.83. The van der Waals surface area contributed by atoms with Gasteiger partial charge in [0, 0.05) is 22.6 Å². The lowest BCUT2D eigenvalue weighted by atomic mass is 10.1. The molecule has 0 aliphatic carbocycles. The summed E-state index contributed by atoms with van der Waals surface area (Å²) in [5, 5.41) is 3.42. The average molecular weight is 438 g/mol. The zero-order valence-corrected chi connectivity index (χ0v) is 17.2. The Balaban J connectivity index is 2.20. The van der Waals surface area contributed by atoms with Crippen molar-refractivity contribution in [2.75, 3.05) is 6.54 Å². The van der Waals surface area contributed by atoms with Gasteiger partial charge in [0.1, 0.15) is 6.04 Å². The molecule has 0 fully saturated rings. The first-order chi connectivity index (χ1) is 12.4. The summed E-state index contributed by atoms with van der Waals surface area (Å²) >= 11 is 9.31. The number of carbonyl (C=O) groups is 2. The molecule has 4 nitrogen and oxygen atoms in total. The van der Waals surface area contributed by atoms with Crippen LogP contribution in [0.1, 0.15) is 25.0 Å². The van der Waals surface area contributed by atoms with Crippen LogP contribution >= 0.6 is 27.5 Å². The summed E-state index contributed by atoms with van der Waals surface area (Å²) in [6, 6.07) is 14.4. The monoisotopic (exact) mass is 436 g/mol. The lowest BCUT2D eigenvalue weighted by molar-refractivity contribution is -0.140. The lowest BCUT2D eigenvalue weighted by Gasteiger charge is -2.29. The van der Waals surface area contributed by atoms with Crippen LogP contribution in [0, 0.1) is 0 Å². The molecule has 2 amide bonds. The van der Waals surface area contributed by atoms with Crippen LogP contribution in [0.3, 0.4) is 0 Å². The highest BCUT2D eigenvalue weighted by Crippen LogP contribution is 2.16. The van der Waals surface area contributed by atoms with Gasteiger partial charge in [0.2, 0.25) is 11.8 Å². The van der Waals surface area contributed by atoms with E-state index in [2.05, 4.69) is 21.2 Å². The summed E-state index contributed by atoms with van der Waals surface area (Å²) in [6.45, 7) is 4.52. The number of amides is 2. The third kappa shape index (κ3) is 5.85. The molecule has 2 rings (SSSR count). The molecule has 0 aliphatic rings. The van der Waals surface area contributed by atoms with Gasteiger partial charge in [-0.05, 0) is 49.2 Å². The topological polar surface area (TPSA) is 49.4 Å². The van der Waals surface area contributed by atoms with Gasteiger partial charge in [-0.25, -0.2) is 0 Å². The van der Waals surface area contributed by atoms with Crippen LogP contribution < -0.4 is 5.32 Å². The van der Waals surface area contributed by atoms with Crippen LogP contribution in [0.25, 0.3) is 0 Å². The Morgan fingerprint density at radius 1 is 1.08 bits per heavy atom. The standard InChI is InChI=1S/C20H22BrClN2O2/c1-3-23-20(26)14(2)24(13-16-4-8-17(21)9-5-16)19(25)12-15-6-10-18(22)11-7-15/h4-11,14H,3,12-13H2,1-2H3,(H,23,26)/t14-/m1/s1. The van der Waals surface area contributed by atoms with Crippen LogP contribution in [0.15, 0.2) is 53.0 Å². The SMILES string of the molecule is CCNC(=O)[C@@H](C)N(Cc1ccc(Br)cc1)C(=O)Cc1ccc(Cl)cc1. The van der Waals surface area contributed by atoms with E-state index in [0.717, 1.165) is 15.6 Å². The molecule has 2 aromatic carbocycles. The summed E-state index contributed by atoms with van der Waals surface area (Å²) in [7, 11) is 0. The predicted octanol–water partition coefficient (Wildman–Crippen LogP) is 4.20. The number of likely N-dealkylation sites (N-methyl/N-ethyl adjacent to an activating group) is 1. The smallest absolute Gasteiger partial charge is 0.242 e. The highest BCUT2D eigenvalue weighted by atomic mass is 79.9. The minimum absolute atomic E-state index is 0.103. The molecule has 138 valence electrons. The molecule has 0 heterocycles. The zero-order chi connectivity index (χ0) is 19.1. The van der Waals surface area contributed by atoms with E-state index in [9.17, 15) is 9.59 Å². The second-order valence-corrected chi connectivity index (χ2v) is 7.37. The Morgan fingerprint density at radius 2 is 1.65 bits per heavy atom. The van der Waals surface area contributed by atoms with E-state index in [4.69, 9.17) is 11.6 Å². The molecule has 0 saturated heterocycles. The molecule has 26 heavy (non-hydrogen) atoms. The van der Waals surface area contributed by atoms with Crippen molar-refractivity contribution in [1.82, 2.24) is 10.2 Å². The molecule has 6 heteroatoms. The second kappa shape index (κ2) is 9.74. The normalized spacial score (nSPS) is 11.7. The van der Waals surface area contributed by atoms with Crippen molar-refractivity contribution in [3.05, 3.63) is 69.2 Å². The number of hydrogen-bond donors (Lipinski definition) is 1. The Kier molecular flexibility index (Phi) is 7.66. The van der Waals surface area contributed by atoms with E-state index >= 15 is 0 Å². The second-order valence-electron chi connectivity index (χ2n) is 6.02. The quantitative estimate of drug-likeness (QED) is 0.706. The van der Waals surface area contributed by atoms with Crippen molar-refractivity contribution in [3.8, 4) is 0 Å². The predicted molar refractivity (Wildman–Crippen MR) is 108 cm³/mol. The number of halogens is 2. The lowest BCUT2D eigenvalue weighted by Crippen LogP contribution is -2.48. The fourth-order valence-electron chi connectivity index (χ4n) is 2.57. The van der Waals surface area contributed by atoms with Crippen LogP contribution in [-0.4, -0.2) is 29.3 Å². The van der Waals surface area contributed by atoms with Crippen LogP contribution in [0.2, 0.25) is 5.02 Å². The van der Waals surface area contributed by atoms with Gasteiger partial charge in [0.25, 0.3) is 0 Å². The minimum atomic E-state index is -0.557. The van der Waals surface area contributed by atoms with Gasteiger partial charge >= 0.3 is 0 Å². The number of rotatable bonds is 7. The number of benzene rings is 2. The van der Waals surface area contributed by atoms with Crippen LogP contribution in [0.4, 0.5) is 0 Å². The largest absolute Gasteiger partial charge is 0.355 e. The summed E-state index contributed by atoms with van der Waals surface area (Å²) < 4.78 is 0.970. The van der Waals surface area contributed by atoms with Crippen LogP contribution in [0.5, 0.6) is 0 Å². The molecule has 2 aromatic rings. The molecule has 0 saturated carbocycles. The first kappa shape index (κ1) is 20.5. The van der Waals surface area contributed by atoms with Crippen molar-refractivity contribution in [2.45, 2.75) is 32.9 Å². The average Bonchev–Trinajstić information content (AvgIpc) is 2.62. The zero-order valence-electron chi connectivity index (χ0n) is 14.8. The number of nitrogens with one attached hydrogen (secondary N) is 1. The van der Waals surface area contributed by atoms with Gasteiger partial charge in [-0.15, -0.1) is 0 Å². The summed E-state index contributed by atoms with van der Waals surface area (Å²) in [6.07, 6.45) is 0.220. The first-order valence-electron chi connectivity index (χ1n) is 8.46. The fourth-order valence-corrected chi connectivity index (χ4v) is 2.96. The van der Waals surface area contributed by atoms with Gasteiger partial charge in [-0.2, -0.15) is 0 Å². The van der Waals surface area contributed by atoms with E-state index in [1.54, 1.807) is 24.0 Å². The van der Waals surface area contributed by atoms with Gasteiger partial charge in [-0.1, -0.05) is 51.8 Å². The summed E-state index contributed by atoms with van der Waals surface area (Å²) in [4.78, 5) is 26.8. The van der Waals surface area contributed by atoms with E-state index in [1.807, 2.05) is 43.3 Å². The van der Waals surface area contributed by atoms with Gasteiger partial charge < -0.3 is 10.2 Å². The third-order valence-electron chi connectivity index (χ3n) is 4.05. The maximum Gasteiger partial charge on any atom is 0.242 e. The van der Waals surface area contributed by atoms with Crippen molar-refractivity contribution in [2.24, 2.45) is 0 Å². The van der Waals surface area contributed by atoms with E-state index < -0.39 is 6.04 Å². The van der Waals surface area contributed by atoms with E-state index in [1.165, 1.54) is 0 Å². The fraction of sp³-hybridized carbons (Fsp3) is 0.300. The molecule has 0 aromatic heterocycles. The molecular weight excluding hydrogens is 416 g/mol. The molecular formula is C20H22BrClN2O2. The van der Waals surface area contributed by atoms with Crippen LogP contribution in [-0.2, 0) is 22.6 Å². The van der Waals surface area contributed by atoms with E-state index in [-0.39, 0.29) is 18.2 Å². The number of hydrogen-bond acceptors (Lipinski definition) is 2. The molecule has 0 radical (unpaired) electrons. The van der Waals surface area contributed by atoms with Crippen molar-refractivity contribution >= 4 is 39.3 Å². The van der Waals surface area contributed by atoms with Gasteiger partial charge in [0.05, 0.1) is 6.42 Å². The van der Waals surface area contributed by atoms with Crippen molar-refractivity contribution < 1.29 is 9.59 Å². The van der Waals surface area contributed by atoms with Crippen molar-refractivity contribution in [3.63, 3.8) is 0 Å². The molecule has 0 bridgehead atoms. The molecule has 0 aliphatic heterocycles. The summed E-state index contributed by atoms with van der Waals surface area (Å²) in [5.74, 6) is -0.261. The Labute approximate surface area is 167 Å². The number of carbonyl (C=O) groups excluding carboxylic acids is 2. The van der Waals surface area contributed by atoms with Gasteiger partial charge in [0.15, 0.2) is 0 Å². The Hall–Kier alpha value is -1.85. The Morgan fingerprint density at radius 3 is 2.23 bits per heavy atom.